The minimum atomic E-state index is -4.60. The Morgan fingerprint density at radius 3 is 2.74 bits per heavy atom. The van der Waals surface area contributed by atoms with Crippen LogP contribution in [0.5, 0.6) is 0 Å². The van der Waals surface area contributed by atoms with Gasteiger partial charge >= 0.3 is 6.18 Å². The lowest BCUT2D eigenvalue weighted by atomic mass is 10.1. The van der Waals surface area contributed by atoms with Gasteiger partial charge in [-0.2, -0.15) is 23.3 Å². The van der Waals surface area contributed by atoms with Crippen molar-refractivity contribution in [2.45, 2.75) is 37.9 Å². The molecule has 2 aromatic rings. The number of amides is 1. The zero-order valence-corrected chi connectivity index (χ0v) is 19.5. The fourth-order valence-electron chi connectivity index (χ4n) is 4.03. The van der Waals surface area contributed by atoms with E-state index < -0.39 is 11.7 Å². The van der Waals surface area contributed by atoms with Crippen LogP contribution in [-0.4, -0.2) is 68.7 Å². The lowest BCUT2D eigenvalue weighted by molar-refractivity contribution is -0.137. The maximum atomic E-state index is 13.5. The molecule has 0 spiro atoms. The molecule has 1 fully saturated rings. The maximum Gasteiger partial charge on any atom is 0.421 e. The van der Waals surface area contributed by atoms with Crippen molar-refractivity contribution < 1.29 is 18.0 Å². The topological polar surface area (TPSA) is 91.2 Å². The van der Waals surface area contributed by atoms with Gasteiger partial charge in [-0.1, -0.05) is 12.2 Å². The van der Waals surface area contributed by atoms with Crippen LogP contribution < -0.4 is 10.6 Å². The van der Waals surface area contributed by atoms with Gasteiger partial charge in [0.15, 0.2) is 0 Å². The second-order valence-electron chi connectivity index (χ2n) is 8.66. The molecule has 0 aliphatic carbocycles. The standard InChI is InChI=1S/C23H29F3N8O/c1-32-12-7-18(8-13-32)34-16-17(14-29-34)30-22-28-15-19(23(24,25)26)21(31-22)27-9-5-11-33-10-4-2-3-6-20(33)35/h2-4,10,14-16,18H,5-9,11-13H2,1H3,(H2,27,28,30,31). The van der Waals surface area contributed by atoms with E-state index in [4.69, 9.17) is 0 Å². The fraction of sp³-hybridized carbons (Fsp3) is 0.478. The Morgan fingerprint density at radius 1 is 1.17 bits per heavy atom. The minimum Gasteiger partial charge on any atom is -0.369 e. The second kappa shape index (κ2) is 10.9. The van der Waals surface area contributed by atoms with Crippen molar-refractivity contribution in [1.82, 2.24) is 29.5 Å². The summed E-state index contributed by atoms with van der Waals surface area (Å²) in [5, 5.41) is 10.1. The third kappa shape index (κ3) is 6.59. The van der Waals surface area contributed by atoms with Gasteiger partial charge in [0.05, 0.1) is 17.9 Å². The first-order valence-corrected chi connectivity index (χ1v) is 11.6. The molecule has 9 nitrogen and oxygen atoms in total. The van der Waals surface area contributed by atoms with E-state index in [0.29, 0.717) is 25.1 Å². The van der Waals surface area contributed by atoms with Crippen LogP contribution in [0.15, 0.2) is 43.0 Å². The van der Waals surface area contributed by atoms with E-state index in [0.717, 1.165) is 32.1 Å². The Hall–Kier alpha value is -3.41. The van der Waals surface area contributed by atoms with Crippen molar-refractivity contribution in [2.24, 2.45) is 0 Å². The Labute approximate surface area is 201 Å². The number of allylic oxidation sites excluding steroid dienone is 2. The predicted octanol–water partition coefficient (Wildman–Crippen LogP) is 3.81. The molecule has 2 N–H and O–H groups in total. The second-order valence-corrected chi connectivity index (χ2v) is 8.66. The molecule has 35 heavy (non-hydrogen) atoms. The predicted molar refractivity (Wildman–Crippen MR) is 126 cm³/mol. The number of nitrogens with zero attached hydrogens (tertiary/aromatic N) is 6. The highest BCUT2D eigenvalue weighted by Gasteiger charge is 2.35. The van der Waals surface area contributed by atoms with E-state index in [1.165, 1.54) is 0 Å². The smallest absolute Gasteiger partial charge is 0.369 e. The molecule has 188 valence electrons. The van der Waals surface area contributed by atoms with Crippen LogP contribution in [0.2, 0.25) is 0 Å². The van der Waals surface area contributed by atoms with Crippen molar-refractivity contribution in [1.29, 1.82) is 0 Å². The van der Waals surface area contributed by atoms with E-state index in [-0.39, 0.29) is 30.3 Å². The number of hydrogen-bond acceptors (Lipinski definition) is 7. The van der Waals surface area contributed by atoms with Gasteiger partial charge in [-0.3, -0.25) is 9.48 Å². The molecule has 2 aliphatic rings. The van der Waals surface area contributed by atoms with Crippen LogP contribution in [0.3, 0.4) is 0 Å². The SMILES string of the molecule is CN1CCC(n2cc(Nc3ncc(C(F)(F)F)c(NCCCN4C=CC=CCC4=O)n3)cn2)CC1. The monoisotopic (exact) mass is 490 g/mol. The zero-order chi connectivity index (χ0) is 24.8. The number of alkyl halides is 3. The quantitative estimate of drug-likeness (QED) is 0.544. The first kappa shape index (κ1) is 24.7. The molecule has 0 aromatic carbocycles. The summed E-state index contributed by atoms with van der Waals surface area (Å²) in [4.78, 5) is 23.8. The average molecular weight is 491 g/mol. The van der Waals surface area contributed by atoms with Gasteiger partial charge in [-0.05, 0) is 45.5 Å². The van der Waals surface area contributed by atoms with Crippen LogP contribution >= 0.6 is 0 Å². The Bertz CT molecular complexity index is 1070. The molecular formula is C23H29F3N8O. The lowest BCUT2D eigenvalue weighted by Crippen LogP contribution is -2.31. The summed E-state index contributed by atoms with van der Waals surface area (Å²) in [6.45, 7) is 2.57. The highest BCUT2D eigenvalue weighted by Crippen LogP contribution is 2.34. The normalized spacial score (nSPS) is 17.6. The number of carbonyl (C=O) groups excluding carboxylic acids is 1. The van der Waals surface area contributed by atoms with Crippen LogP contribution in [0.1, 0.15) is 37.3 Å². The van der Waals surface area contributed by atoms with Crippen molar-refractivity contribution in [2.75, 3.05) is 43.9 Å². The first-order valence-electron chi connectivity index (χ1n) is 11.6. The van der Waals surface area contributed by atoms with Crippen LogP contribution in [0.25, 0.3) is 0 Å². The summed E-state index contributed by atoms with van der Waals surface area (Å²) >= 11 is 0. The Balaban J connectivity index is 1.39. The number of likely N-dealkylation sites (tertiary alicyclic amines) is 1. The van der Waals surface area contributed by atoms with Gasteiger partial charge in [-0.25, -0.2) is 4.98 Å². The van der Waals surface area contributed by atoms with Gasteiger partial charge in [0, 0.05) is 38.1 Å². The molecule has 0 unspecified atom stereocenters. The fourth-order valence-corrected chi connectivity index (χ4v) is 4.03. The highest BCUT2D eigenvalue weighted by atomic mass is 19.4. The first-order chi connectivity index (χ1) is 16.8. The van der Waals surface area contributed by atoms with E-state index in [1.807, 2.05) is 10.9 Å². The minimum absolute atomic E-state index is 0.0418. The summed E-state index contributed by atoms with van der Waals surface area (Å²) in [5.74, 6) is -0.322. The average Bonchev–Trinajstić information content (AvgIpc) is 3.18. The van der Waals surface area contributed by atoms with Crippen molar-refractivity contribution in [3.63, 3.8) is 0 Å². The molecule has 1 amide bonds. The lowest BCUT2D eigenvalue weighted by Gasteiger charge is -2.28. The van der Waals surface area contributed by atoms with E-state index >= 15 is 0 Å². The summed E-state index contributed by atoms with van der Waals surface area (Å²) in [6, 6.07) is 0.286. The summed E-state index contributed by atoms with van der Waals surface area (Å²) in [7, 11) is 2.09. The molecule has 0 bridgehead atoms. The van der Waals surface area contributed by atoms with Crippen molar-refractivity contribution in [3.8, 4) is 0 Å². The Morgan fingerprint density at radius 2 is 1.97 bits per heavy atom. The Kier molecular flexibility index (Phi) is 7.69. The number of carbonyl (C=O) groups is 1. The molecule has 2 aromatic heterocycles. The number of halogens is 3. The van der Waals surface area contributed by atoms with Crippen LogP contribution in [0.4, 0.5) is 30.6 Å². The van der Waals surface area contributed by atoms with Crippen LogP contribution in [-0.2, 0) is 11.0 Å². The van der Waals surface area contributed by atoms with Gasteiger partial charge in [-0.15, -0.1) is 0 Å². The highest BCUT2D eigenvalue weighted by molar-refractivity contribution is 5.79. The number of piperidine rings is 1. The van der Waals surface area contributed by atoms with Gasteiger partial charge in [0.1, 0.15) is 11.4 Å². The van der Waals surface area contributed by atoms with Crippen molar-refractivity contribution in [3.05, 3.63) is 48.6 Å². The molecule has 0 radical (unpaired) electrons. The summed E-state index contributed by atoms with van der Waals surface area (Å²) in [6.07, 6.45) is 9.31. The van der Waals surface area contributed by atoms with E-state index in [2.05, 4.69) is 37.6 Å². The molecular weight excluding hydrogens is 461 g/mol. The summed E-state index contributed by atoms with van der Waals surface area (Å²) in [5.41, 5.74) is -0.338. The largest absolute Gasteiger partial charge is 0.421 e. The number of anilines is 3. The van der Waals surface area contributed by atoms with Gasteiger partial charge in [0.2, 0.25) is 11.9 Å². The molecule has 4 heterocycles. The number of aromatic nitrogens is 4. The zero-order valence-electron chi connectivity index (χ0n) is 19.5. The molecule has 0 atom stereocenters. The maximum absolute atomic E-state index is 13.5. The van der Waals surface area contributed by atoms with Crippen LogP contribution in [0, 0.1) is 0 Å². The molecule has 4 rings (SSSR count). The summed E-state index contributed by atoms with van der Waals surface area (Å²) < 4.78 is 42.4. The van der Waals surface area contributed by atoms with Crippen molar-refractivity contribution >= 4 is 23.4 Å². The third-order valence-corrected chi connectivity index (χ3v) is 6.01. The van der Waals surface area contributed by atoms with Gasteiger partial charge < -0.3 is 20.4 Å². The molecule has 0 saturated carbocycles. The number of rotatable bonds is 8. The number of nitrogens with one attached hydrogen (secondary N) is 2. The molecule has 12 heteroatoms. The number of hydrogen-bond donors (Lipinski definition) is 2. The van der Waals surface area contributed by atoms with E-state index in [1.54, 1.807) is 35.5 Å². The molecule has 2 aliphatic heterocycles. The van der Waals surface area contributed by atoms with E-state index in [9.17, 15) is 18.0 Å². The van der Waals surface area contributed by atoms with Gasteiger partial charge in [0.25, 0.3) is 0 Å². The third-order valence-electron chi connectivity index (χ3n) is 6.01. The molecule has 1 saturated heterocycles.